The van der Waals surface area contributed by atoms with Gasteiger partial charge in [0.1, 0.15) is 9.84 Å². The summed E-state index contributed by atoms with van der Waals surface area (Å²) in [5, 5.41) is 0. The van der Waals surface area contributed by atoms with Crippen LogP contribution in [0.2, 0.25) is 0 Å². The summed E-state index contributed by atoms with van der Waals surface area (Å²) in [5.41, 5.74) is 8.03. The van der Waals surface area contributed by atoms with Gasteiger partial charge in [-0.15, -0.1) is 0 Å². The molecule has 0 aliphatic heterocycles. The molecule has 1 rings (SSSR count). The van der Waals surface area contributed by atoms with Crippen molar-refractivity contribution in [2.24, 2.45) is 5.73 Å². The molecule has 0 saturated heterocycles. The zero-order chi connectivity index (χ0) is 12.3. The average Bonchev–Trinajstić information content (AvgIpc) is 2.17. The van der Waals surface area contributed by atoms with Crippen molar-refractivity contribution in [2.45, 2.75) is 19.4 Å². The fraction of sp³-hybridized carbons (Fsp3) is 0.455. The maximum absolute atomic E-state index is 11.0. The summed E-state index contributed by atoms with van der Waals surface area (Å²) in [6, 6.07) is 5.63. The van der Waals surface area contributed by atoms with E-state index in [9.17, 15) is 8.42 Å². The van der Waals surface area contributed by atoms with Crippen LogP contribution in [0, 0.1) is 6.92 Å². The standard InChI is InChI=1S/C11H16BrNO2S/c1-8-3-4-9(7-10(8)12)11(13)5-6-16(2,14)15/h3-4,7,11H,5-6,13H2,1-2H3. The van der Waals surface area contributed by atoms with Gasteiger partial charge in [-0.2, -0.15) is 0 Å². The minimum atomic E-state index is -2.94. The van der Waals surface area contributed by atoms with Crippen LogP contribution in [-0.2, 0) is 9.84 Å². The Morgan fingerprint density at radius 3 is 2.56 bits per heavy atom. The van der Waals surface area contributed by atoms with Crippen LogP contribution in [0.25, 0.3) is 0 Å². The first-order chi connectivity index (χ1) is 7.29. The predicted octanol–water partition coefficient (Wildman–Crippen LogP) is 2.19. The van der Waals surface area contributed by atoms with Crippen molar-refractivity contribution in [1.82, 2.24) is 0 Å². The number of nitrogens with two attached hydrogens (primary N) is 1. The van der Waals surface area contributed by atoms with Crippen molar-refractivity contribution in [3.8, 4) is 0 Å². The van der Waals surface area contributed by atoms with Crippen LogP contribution in [0.3, 0.4) is 0 Å². The molecule has 1 unspecified atom stereocenters. The minimum Gasteiger partial charge on any atom is -0.324 e. The Morgan fingerprint density at radius 1 is 1.44 bits per heavy atom. The van der Waals surface area contributed by atoms with Crippen molar-refractivity contribution < 1.29 is 8.42 Å². The van der Waals surface area contributed by atoms with Crippen LogP contribution in [0.4, 0.5) is 0 Å². The van der Waals surface area contributed by atoms with Gasteiger partial charge in [0, 0.05) is 16.8 Å². The van der Waals surface area contributed by atoms with Crippen LogP contribution >= 0.6 is 15.9 Å². The third-order valence-electron chi connectivity index (χ3n) is 2.42. The summed E-state index contributed by atoms with van der Waals surface area (Å²) in [4.78, 5) is 0. The smallest absolute Gasteiger partial charge is 0.147 e. The van der Waals surface area contributed by atoms with Crippen molar-refractivity contribution in [3.63, 3.8) is 0 Å². The lowest BCUT2D eigenvalue weighted by atomic mass is 10.0. The van der Waals surface area contributed by atoms with Gasteiger partial charge in [0.2, 0.25) is 0 Å². The van der Waals surface area contributed by atoms with E-state index in [1.165, 1.54) is 6.26 Å². The molecule has 0 radical (unpaired) electrons. The SMILES string of the molecule is Cc1ccc(C(N)CCS(C)(=O)=O)cc1Br. The summed E-state index contributed by atoms with van der Waals surface area (Å²) in [5.74, 6) is 0.125. The Hall–Kier alpha value is -0.390. The zero-order valence-electron chi connectivity index (χ0n) is 9.40. The number of hydrogen-bond acceptors (Lipinski definition) is 3. The van der Waals surface area contributed by atoms with E-state index in [1.807, 2.05) is 25.1 Å². The molecule has 0 heterocycles. The van der Waals surface area contributed by atoms with E-state index >= 15 is 0 Å². The lowest BCUT2D eigenvalue weighted by Gasteiger charge is -2.12. The topological polar surface area (TPSA) is 60.2 Å². The largest absolute Gasteiger partial charge is 0.324 e. The highest BCUT2D eigenvalue weighted by molar-refractivity contribution is 9.10. The molecular weight excluding hydrogens is 290 g/mol. The molecule has 0 spiro atoms. The summed E-state index contributed by atoms with van der Waals surface area (Å²) >= 11 is 3.43. The Balaban J connectivity index is 2.73. The zero-order valence-corrected chi connectivity index (χ0v) is 11.8. The van der Waals surface area contributed by atoms with Gasteiger partial charge in [0.15, 0.2) is 0 Å². The molecule has 0 aromatic heterocycles. The highest BCUT2D eigenvalue weighted by Crippen LogP contribution is 2.22. The van der Waals surface area contributed by atoms with Crippen LogP contribution in [0.5, 0.6) is 0 Å². The Kier molecular flexibility index (Phi) is 4.52. The Labute approximate surface area is 105 Å². The molecular formula is C11H16BrNO2S. The van der Waals surface area contributed by atoms with Gasteiger partial charge < -0.3 is 5.73 Å². The first-order valence-corrected chi connectivity index (χ1v) is 7.84. The van der Waals surface area contributed by atoms with Gasteiger partial charge >= 0.3 is 0 Å². The lowest BCUT2D eigenvalue weighted by molar-refractivity contribution is 0.591. The molecule has 5 heteroatoms. The third-order valence-corrected chi connectivity index (χ3v) is 4.26. The van der Waals surface area contributed by atoms with Crippen LogP contribution in [0.15, 0.2) is 22.7 Å². The Bertz CT molecular complexity index is 471. The summed E-state index contributed by atoms with van der Waals surface area (Å²) in [6.45, 7) is 2.00. The van der Waals surface area contributed by atoms with Crippen molar-refractivity contribution >= 4 is 25.8 Å². The quantitative estimate of drug-likeness (QED) is 0.927. The van der Waals surface area contributed by atoms with Gasteiger partial charge in [0.05, 0.1) is 5.75 Å². The molecule has 0 amide bonds. The van der Waals surface area contributed by atoms with Crippen molar-refractivity contribution in [2.75, 3.05) is 12.0 Å². The fourth-order valence-corrected chi connectivity index (χ4v) is 2.43. The van der Waals surface area contributed by atoms with E-state index in [4.69, 9.17) is 5.73 Å². The number of hydrogen-bond donors (Lipinski definition) is 1. The van der Waals surface area contributed by atoms with Gasteiger partial charge in [-0.3, -0.25) is 0 Å². The van der Waals surface area contributed by atoms with Gasteiger partial charge in [-0.25, -0.2) is 8.42 Å². The highest BCUT2D eigenvalue weighted by Gasteiger charge is 2.10. The molecule has 0 fully saturated rings. The summed E-state index contributed by atoms with van der Waals surface area (Å²) in [6.07, 6.45) is 1.68. The molecule has 90 valence electrons. The first-order valence-electron chi connectivity index (χ1n) is 4.99. The highest BCUT2D eigenvalue weighted by atomic mass is 79.9. The number of benzene rings is 1. The molecule has 0 aliphatic carbocycles. The van der Waals surface area contributed by atoms with Gasteiger partial charge in [-0.05, 0) is 30.5 Å². The minimum absolute atomic E-state index is 0.125. The normalized spacial score (nSPS) is 13.8. The second-order valence-corrected chi connectivity index (χ2v) is 7.15. The van der Waals surface area contributed by atoms with Gasteiger partial charge in [-0.1, -0.05) is 28.1 Å². The molecule has 16 heavy (non-hydrogen) atoms. The predicted molar refractivity (Wildman–Crippen MR) is 70.1 cm³/mol. The monoisotopic (exact) mass is 305 g/mol. The first kappa shape index (κ1) is 13.7. The number of sulfone groups is 1. The molecule has 0 bridgehead atoms. The molecule has 0 saturated carbocycles. The number of rotatable bonds is 4. The van der Waals surface area contributed by atoms with E-state index < -0.39 is 9.84 Å². The van der Waals surface area contributed by atoms with Crippen LogP contribution in [-0.4, -0.2) is 20.4 Å². The third kappa shape index (κ3) is 4.23. The van der Waals surface area contributed by atoms with Crippen LogP contribution < -0.4 is 5.73 Å². The maximum atomic E-state index is 11.0. The van der Waals surface area contributed by atoms with Crippen molar-refractivity contribution in [3.05, 3.63) is 33.8 Å². The second kappa shape index (κ2) is 5.29. The second-order valence-electron chi connectivity index (χ2n) is 4.03. The molecule has 2 N–H and O–H groups in total. The average molecular weight is 306 g/mol. The van der Waals surface area contributed by atoms with E-state index in [2.05, 4.69) is 15.9 Å². The van der Waals surface area contributed by atoms with E-state index in [1.54, 1.807) is 0 Å². The molecule has 0 aliphatic rings. The molecule has 1 atom stereocenters. The van der Waals surface area contributed by atoms with Crippen molar-refractivity contribution in [1.29, 1.82) is 0 Å². The van der Waals surface area contributed by atoms with Crippen LogP contribution in [0.1, 0.15) is 23.6 Å². The van der Waals surface area contributed by atoms with E-state index in [-0.39, 0.29) is 11.8 Å². The molecule has 3 nitrogen and oxygen atoms in total. The fourth-order valence-electron chi connectivity index (χ4n) is 1.35. The number of aryl methyl sites for hydroxylation is 1. The van der Waals surface area contributed by atoms with E-state index in [0.29, 0.717) is 6.42 Å². The number of halogens is 1. The molecule has 1 aromatic rings. The van der Waals surface area contributed by atoms with Gasteiger partial charge in [0.25, 0.3) is 0 Å². The Morgan fingerprint density at radius 2 is 2.06 bits per heavy atom. The molecule has 1 aromatic carbocycles. The summed E-state index contributed by atoms with van der Waals surface area (Å²) in [7, 11) is -2.94. The van der Waals surface area contributed by atoms with E-state index in [0.717, 1.165) is 15.6 Å². The maximum Gasteiger partial charge on any atom is 0.147 e. The lowest BCUT2D eigenvalue weighted by Crippen LogP contribution is -2.15. The summed E-state index contributed by atoms with van der Waals surface area (Å²) < 4.78 is 23.0.